The molecule has 0 amide bonds. The first kappa shape index (κ1) is 14.7. The molecule has 0 aliphatic heterocycles. The molecule has 0 fully saturated rings. The van der Waals surface area contributed by atoms with E-state index in [2.05, 4.69) is 9.71 Å². The van der Waals surface area contributed by atoms with Crippen LogP contribution in [0.25, 0.3) is 0 Å². The lowest BCUT2D eigenvalue weighted by Crippen LogP contribution is -2.52. The van der Waals surface area contributed by atoms with Crippen LogP contribution < -0.4 is 10.5 Å². The third-order valence-corrected chi connectivity index (χ3v) is 4.16. The van der Waals surface area contributed by atoms with Crippen LogP contribution in [-0.4, -0.2) is 29.3 Å². The maximum absolute atomic E-state index is 12.1. The number of nitrogens with zero attached hydrogens (tertiary/aromatic N) is 2. The Labute approximate surface area is 107 Å². The van der Waals surface area contributed by atoms with Gasteiger partial charge in [-0.2, -0.15) is 4.72 Å². The molecule has 1 aromatic heterocycles. The summed E-state index contributed by atoms with van der Waals surface area (Å²) in [5.41, 5.74) is 4.21. The molecular weight excluding hydrogens is 254 g/mol. The smallest absolute Gasteiger partial charge is 0.260 e. The molecule has 0 spiro atoms. The summed E-state index contributed by atoms with van der Waals surface area (Å²) in [6.45, 7) is 7.33. The van der Waals surface area contributed by atoms with Crippen molar-refractivity contribution in [3.63, 3.8) is 0 Å². The molecule has 0 radical (unpaired) electrons. The minimum Gasteiger partial charge on any atom is -0.386 e. The van der Waals surface area contributed by atoms with Crippen molar-refractivity contribution in [1.29, 1.82) is 5.41 Å². The van der Waals surface area contributed by atoms with Crippen molar-refractivity contribution in [1.82, 2.24) is 14.3 Å². The van der Waals surface area contributed by atoms with Gasteiger partial charge >= 0.3 is 0 Å². The van der Waals surface area contributed by atoms with E-state index >= 15 is 0 Å². The average Bonchev–Trinajstić information content (AvgIpc) is 2.58. The maximum Gasteiger partial charge on any atom is 0.260 e. The van der Waals surface area contributed by atoms with E-state index in [4.69, 9.17) is 11.1 Å². The van der Waals surface area contributed by atoms with Gasteiger partial charge in [0.05, 0.1) is 5.54 Å². The molecule has 0 saturated heterocycles. The Morgan fingerprint density at radius 3 is 2.56 bits per heavy atom. The highest BCUT2D eigenvalue weighted by molar-refractivity contribution is 7.89. The summed E-state index contributed by atoms with van der Waals surface area (Å²) >= 11 is 0. The van der Waals surface area contributed by atoms with Crippen LogP contribution in [0.3, 0.4) is 0 Å². The van der Waals surface area contributed by atoms with Gasteiger partial charge in [0.1, 0.15) is 11.7 Å². The van der Waals surface area contributed by atoms with Crippen LogP contribution in [0, 0.1) is 12.3 Å². The maximum atomic E-state index is 12.1. The van der Waals surface area contributed by atoms with Crippen LogP contribution in [0.15, 0.2) is 11.2 Å². The van der Waals surface area contributed by atoms with E-state index in [-0.39, 0.29) is 10.9 Å². The minimum atomic E-state index is -3.78. The van der Waals surface area contributed by atoms with E-state index in [1.165, 1.54) is 20.0 Å². The number of nitrogens with one attached hydrogen (secondary N) is 2. The number of imidazole rings is 1. The molecule has 0 aliphatic carbocycles. The van der Waals surface area contributed by atoms with Gasteiger partial charge in [-0.25, -0.2) is 13.4 Å². The largest absolute Gasteiger partial charge is 0.386 e. The first-order valence-electron chi connectivity index (χ1n) is 5.52. The van der Waals surface area contributed by atoms with Gasteiger partial charge in [-0.05, 0) is 27.7 Å². The highest BCUT2D eigenvalue weighted by atomic mass is 32.2. The SMILES string of the molecule is CCn1cc(S(=O)(=O)NC(C)(C)C(=N)N)nc1C. The zero-order chi connectivity index (χ0) is 14.1. The van der Waals surface area contributed by atoms with Crippen LogP contribution >= 0.6 is 0 Å². The molecule has 1 rings (SSSR count). The predicted molar refractivity (Wildman–Crippen MR) is 69.0 cm³/mol. The fourth-order valence-corrected chi connectivity index (χ4v) is 2.78. The van der Waals surface area contributed by atoms with Gasteiger partial charge in [0.25, 0.3) is 10.0 Å². The Hall–Kier alpha value is -1.41. The van der Waals surface area contributed by atoms with E-state index in [1.54, 1.807) is 11.5 Å². The quantitative estimate of drug-likeness (QED) is 0.525. The van der Waals surface area contributed by atoms with E-state index in [0.717, 1.165) is 0 Å². The van der Waals surface area contributed by atoms with Crippen molar-refractivity contribution in [2.45, 2.75) is 44.8 Å². The van der Waals surface area contributed by atoms with E-state index in [9.17, 15) is 8.42 Å². The summed E-state index contributed by atoms with van der Waals surface area (Å²) in [4.78, 5) is 4.00. The van der Waals surface area contributed by atoms with E-state index < -0.39 is 15.6 Å². The second-order valence-corrected chi connectivity index (χ2v) is 6.19. The third kappa shape index (κ3) is 2.88. The number of aryl methyl sites for hydroxylation is 2. The molecule has 18 heavy (non-hydrogen) atoms. The standard InChI is InChI=1S/C10H19N5O2S/c1-5-15-6-8(13-7(15)2)18(16,17)14-10(3,4)9(11)12/h6,14H,5H2,1-4H3,(H3,11,12). The van der Waals surface area contributed by atoms with Crippen molar-refractivity contribution in [2.24, 2.45) is 5.73 Å². The number of aromatic nitrogens is 2. The second kappa shape index (κ2) is 4.69. The van der Waals surface area contributed by atoms with Gasteiger partial charge in [-0.1, -0.05) is 0 Å². The first-order chi connectivity index (χ1) is 8.10. The van der Waals surface area contributed by atoms with E-state index in [0.29, 0.717) is 12.4 Å². The molecule has 0 unspecified atom stereocenters. The Kier molecular flexibility index (Phi) is 3.82. The fraction of sp³-hybridized carbons (Fsp3) is 0.600. The molecule has 0 aliphatic rings. The van der Waals surface area contributed by atoms with Gasteiger partial charge in [0.15, 0.2) is 5.03 Å². The molecule has 4 N–H and O–H groups in total. The zero-order valence-electron chi connectivity index (χ0n) is 11.0. The predicted octanol–water partition coefficient (Wildman–Crippen LogP) is 0.204. The van der Waals surface area contributed by atoms with Crippen molar-refractivity contribution >= 4 is 15.9 Å². The Morgan fingerprint density at radius 1 is 1.61 bits per heavy atom. The normalized spacial score (nSPS) is 12.7. The number of sulfonamides is 1. The summed E-state index contributed by atoms with van der Waals surface area (Å²) in [6.07, 6.45) is 1.47. The minimum absolute atomic E-state index is 0.0591. The second-order valence-electron chi connectivity index (χ2n) is 4.56. The molecule has 0 saturated carbocycles. The molecule has 1 aromatic rings. The van der Waals surface area contributed by atoms with Crippen molar-refractivity contribution in [2.75, 3.05) is 0 Å². The van der Waals surface area contributed by atoms with Gasteiger partial charge in [-0.3, -0.25) is 5.41 Å². The van der Waals surface area contributed by atoms with E-state index in [1.807, 2.05) is 6.92 Å². The van der Waals surface area contributed by atoms with Crippen molar-refractivity contribution in [3.8, 4) is 0 Å². The van der Waals surface area contributed by atoms with Crippen LogP contribution in [0.1, 0.15) is 26.6 Å². The number of amidine groups is 1. The molecule has 7 nitrogen and oxygen atoms in total. The molecule has 0 atom stereocenters. The number of hydrogen-bond acceptors (Lipinski definition) is 4. The summed E-state index contributed by atoms with van der Waals surface area (Å²) in [5.74, 6) is 0.372. The highest BCUT2D eigenvalue weighted by Gasteiger charge is 2.30. The fourth-order valence-electron chi connectivity index (χ4n) is 1.37. The van der Waals surface area contributed by atoms with Crippen LogP contribution in [0.2, 0.25) is 0 Å². The first-order valence-corrected chi connectivity index (χ1v) is 7.00. The Bertz CT molecular complexity index is 559. The van der Waals surface area contributed by atoms with Gasteiger partial charge in [0, 0.05) is 12.7 Å². The number of rotatable bonds is 5. The summed E-state index contributed by atoms with van der Waals surface area (Å²) in [6, 6.07) is 0. The van der Waals surface area contributed by atoms with Gasteiger partial charge < -0.3 is 10.3 Å². The molecule has 102 valence electrons. The summed E-state index contributed by atoms with van der Waals surface area (Å²) in [7, 11) is -3.78. The molecule has 1 heterocycles. The average molecular weight is 273 g/mol. The molecule has 0 bridgehead atoms. The number of nitrogens with two attached hydrogens (primary N) is 1. The monoisotopic (exact) mass is 273 g/mol. The summed E-state index contributed by atoms with van der Waals surface area (Å²) in [5, 5.41) is 7.29. The lowest BCUT2D eigenvalue weighted by Gasteiger charge is -2.23. The lowest BCUT2D eigenvalue weighted by molar-refractivity contribution is 0.539. The van der Waals surface area contributed by atoms with Crippen molar-refractivity contribution in [3.05, 3.63) is 12.0 Å². The molecule has 0 aromatic carbocycles. The van der Waals surface area contributed by atoms with Crippen LogP contribution in [0.4, 0.5) is 0 Å². The zero-order valence-corrected chi connectivity index (χ0v) is 11.8. The Balaban J connectivity index is 3.11. The Morgan fingerprint density at radius 2 is 2.17 bits per heavy atom. The topological polar surface area (TPSA) is 114 Å². The number of hydrogen-bond donors (Lipinski definition) is 3. The third-order valence-electron chi connectivity index (χ3n) is 2.63. The molecular formula is C10H19N5O2S. The van der Waals surface area contributed by atoms with Crippen LogP contribution in [-0.2, 0) is 16.6 Å². The molecule has 8 heteroatoms. The van der Waals surface area contributed by atoms with Crippen molar-refractivity contribution < 1.29 is 8.42 Å². The summed E-state index contributed by atoms with van der Waals surface area (Å²) < 4.78 is 28.3. The highest BCUT2D eigenvalue weighted by Crippen LogP contribution is 2.13. The van der Waals surface area contributed by atoms with Gasteiger partial charge in [0.2, 0.25) is 0 Å². The van der Waals surface area contributed by atoms with Crippen LogP contribution in [0.5, 0.6) is 0 Å². The van der Waals surface area contributed by atoms with Gasteiger partial charge in [-0.15, -0.1) is 0 Å². The lowest BCUT2D eigenvalue weighted by atomic mass is 10.1.